The number of unbranched alkanes of at least 4 members (excludes halogenated alkanes) is 26. The van der Waals surface area contributed by atoms with Gasteiger partial charge in [-0.3, -0.25) is 14.4 Å². The molecule has 0 heterocycles. The highest BCUT2D eigenvalue weighted by Gasteiger charge is 2.19. The van der Waals surface area contributed by atoms with Crippen LogP contribution in [0.15, 0.2) is 122 Å². The molecule has 0 amide bonds. The van der Waals surface area contributed by atoms with Gasteiger partial charge in [0.1, 0.15) is 13.2 Å². The first-order valence-corrected chi connectivity index (χ1v) is 32.0. The zero-order valence-electron chi connectivity index (χ0n) is 50.2. The summed E-state index contributed by atoms with van der Waals surface area (Å²) in [5.41, 5.74) is 0. The molecule has 1 atom stereocenters. The van der Waals surface area contributed by atoms with Crippen LogP contribution in [-0.2, 0) is 28.6 Å². The zero-order chi connectivity index (χ0) is 55.7. The molecule has 0 saturated heterocycles. The van der Waals surface area contributed by atoms with Crippen molar-refractivity contribution in [1.82, 2.24) is 0 Å². The molecule has 0 radical (unpaired) electrons. The first-order valence-electron chi connectivity index (χ1n) is 32.0. The second kappa shape index (κ2) is 64.3. The zero-order valence-corrected chi connectivity index (χ0v) is 50.2. The number of hydrogen-bond acceptors (Lipinski definition) is 6. The maximum absolute atomic E-state index is 12.9. The molecule has 0 aliphatic rings. The molecule has 1 unspecified atom stereocenters. The topological polar surface area (TPSA) is 78.9 Å². The van der Waals surface area contributed by atoms with Gasteiger partial charge in [0.2, 0.25) is 0 Å². The van der Waals surface area contributed by atoms with E-state index in [0.29, 0.717) is 19.3 Å². The van der Waals surface area contributed by atoms with Gasteiger partial charge in [-0.15, -0.1) is 0 Å². The molecule has 0 rings (SSSR count). The Labute approximate surface area is 475 Å². The summed E-state index contributed by atoms with van der Waals surface area (Å²) in [6.45, 7) is 6.39. The molecule has 0 aromatic heterocycles. The van der Waals surface area contributed by atoms with E-state index < -0.39 is 6.10 Å². The van der Waals surface area contributed by atoms with Crippen LogP contribution in [0.4, 0.5) is 0 Å². The molecule has 0 aliphatic carbocycles. The Balaban J connectivity index is 4.37. The Morgan fingerprint density at radius 1 is 0.273 bits per heavy atom. The van der Waals surface area contributed by atoms with Crippen molar-refractivity contribution in [1.29, 1.82) is 0 Å². The average molecular weight is 1070 g/mol. The average Bonchev–Trinajstić information content (AvgIpc) is 3.43. The molecule has 0 spiro atoms. The highest BCUT2D eigenvalue weighted by Crippen LogP contribution is 2.16. The molecule has 0 saturated carbocycles. The number of hydrogen-bond donors (Lipinski definition) is 0. The van der Waals surface area contributed by atoms with E-state index >= 15 is 0 Å². The fraction of sp³-hybridized carbons (Fsp3) is 0.676. The summed E-state index contributed by atoms with van der Waals surface area (Å²) >= 11 is 0. The lowest BCUT2D eigenvalue weighted by atomic mass is 10.0. The number of ether oxygens (including phenoxy) is 3. The second-order valence-electron chi connectivity index (χ2n) is 20.9. The van der Waals surface area contributed by atoms with Crippen molar-refractivity contribution in [2.24, 2.45) is 0 Å². The molecule has 77 heavy (non-hydrogen) atoms. The van der Waals surface area contributed by atoms with Crippen LogP contribution in [0.2, 0.25) is 0 Å². The predicted octanol–water partition coefficient (Wildman–Crippen LogP) is 22.0. The first-order chi connectivity index (χ1) is 38.0. The SMILES string of the molecule is CC/C=C\C/C=C\C/C=C\C/C=C\C/C=C\CCCCCCCC(=O)OC(COC(=O)CCCCCCC/C=C\CCCCCC)COC(=O)CCCCCCCCCCCCCC/C=C\C/C=C\C/C=C\C/C=C\CC. The Kier molecular flexibility index (Phi) is 60.8. The summed E-state index contributed by atoms with van der Waals surface area (Å²) in [6, 6.07) is 0. The standard InChI is InChI=1S/C71H118O6/c1-4-7-10-13-16-19-22-25-27-29-31-33-34-35-36-38-39-41-43-46-49-52-55-58-61-64-70(73)76-67-68(66-75-69(72)63-60-57-54-51-48-45-24-21-18-15-12-9-6-3)77-71(74)65-62-59-56-53-50-47-44-42-40-37-32-30-28-26-23-20-17-14-11-8-5-2/h7-8,10-11,16-17,19-21,24-28,31-33,37,42,44,68H,4-6,9,12-15,18,22-23,29-30,34-36,38-41,43,45-67H2,1-3H3/b10-7-,11-8-,19-16-,20-17-,24-21-,27-25-,28-26-,33-31-,37-32-,44-42-. The lowest BCUT2D eigenvalue weighted by Gasteiger charge is -2.18. The van der Waals surface area contributed by atoms with Crippen LogP contribution in [0.25, 0.3) is 0 Å². The number of rotatable bonds is 57. The summed E-state index contributed by atoms with van der Waals surface area (Å²) in [4.78, 5) is 38.3. The predicted molar refractivity (Wildman–Crippen MR) is 334 cm³/mol. The Morgan fingerprint density at radius 3 is 0.805 bits per heavy atom. The van der Waals surface area contributed by atoms with Gasteiger partial charge in [0.25, 0.3) is 0 Å². The van der Waals surface area contributed by atoms with Crippen molar-refractivity contribution in [2.45, 2.75) is 297 Å². The summed E-state index contributed by atoms with van der Waals surface area (Å²) in [5.74, 6) is -0.916. The van der Waals surface area contributed by atoms with Crippen LogP contribution in [-0.4, -0.2) is 37.2 Å². The Hall–Kier alpha value is -4.19. The van der Waals surface area contributed by atoms with E-state index in [0.717, 1.165) is 141 Å². The van der Waals surface area contributed by atoms with Crippen LogP contribution >= 0.6 is 0 Å². The summed E-state index contributed by atoms with van der Waals surface area (Å²) in [5, 5.41) is 0. The summed E-state index contributed by atoms with van der Waals surface area (Å²) in [7, 11) is 0. The van der Waals surface area contributed by atoms with E-state index in [2.05, 4.69) is 142 Å². The Morgan fingerprint density at radius 2 is 0.506 bits per heavy atom. The molecule has 0 aliphatic heterocycles. The Bertz CT molecular complexity index is 1600. The van der Waals surface area contributed by atoms with E-state index in [9.17, 15) is 14.4 Å². The van der Waals surface area contributed by atoms with Gasteiger partial charge in [0.05, 0.1) is 0 Å². The third kappa shape index (κ3) is 62.5. The fourth-order valence-electron chi connectivity index (χ4n) is 8.69. The number of esters is 3. The minimum absolute atomic E-state index is 0.0911. The van der Waals surface area contributed by atoms with Crippen LogP contribution in [0.1, 0.15) is 290 Å². The van der Waals surface area contributed by atoms with E-state index in [-0.39, 0.29) is 31.1 Å². The van der Waals surface area contributed by atoms with Gasteiger partial charge in [-0.1, -0.05) is 264 Å². The summed E-state index contributed by atoms with van der Waals surface area (Å²) in [6.07, 6.45) is 89.1. The van der Waals surface area contributed by atoms with Crippen LogP contribution in [0.5, 0.6) is 0 Å². The van der Waals surface area contributed by atoms with Crippen LogP contribution in [0.3, 0.4) is 0 Å². The van der Waals surface area contributed by atoms with Gasteiger partial charge in [-0.25, -0.2) is 0 Å². The van der Waals surface area contributed by atoms with Crippen molar-refractivity contribution in [2.75, 3.05) is 13.2 Å². The van der Waals surface area contributed by atoms with Gasteiger partial charge >= 0.3 is 17.9 Å². The molecule has 0 aromatic carbocycles. The maximum Gasteiger partial charge on any atom is 0.306 e. The smallest absolute Gasteiger partial charge is 0.306 e. The molecule has 0 bridgehead atoms. The van der Waals surface area contributed by atoms with Crippen LogP contribution < -0.4 is 0 Å². The number of carbonyl (C=O) groups excluding carboxylic acids is 3. The second-order valence-corrected chi connectivity index (χ2v) is 20.9. The molecular formula is C71H118O6. The lowest BCUT2D eigenvalue weighted by molar-refractivity contribution is -0.167. The largest absolute Gasteiger partial charge is 0.462 e. The summed E-state index contributed by atoms with van der Waals surface area (Å²) < 4.78 is 16.9. The quantitative estimate of drug-likeness (QED) is 0.0261. The van der Waals surface area contributed by atoms with Crippen molar-refractivity contribution >= 4 is 17.9 Å². The first kappa shape index (κ1) is 72.8. The fourth-order valence-corrected chi connectivity index (χ4v) is 8.69. The molecule has 438 valence electrons. The van der Waals surface area contributed by atoms with Crippen LogP contribution in [0, 0.1) is 0 Å². The van der Waals surface area contributed by atoms with Gasteiger partial charge in [0.15, 0.2) is 6.10 Å². The van der Waals surface area contributed by atoms with E-state index in [1.165, 1.54) is 109 Å². The highest BCUT2D eigenvalue weighted by molar-refractivity contribution is 5.71. The molecule has 0 aromatic rings. The van der Waals surface area contributed by atoms with Gasteiger partial charge in [-0.2, -0.15) is 0 Å². The minimum atomic E-state index is -0.797. The third-order valence-electron chi connectivity index (χ3n) is 13.4. The maximum atomic E-state index is 12.9. The van der Waals surface area contributed by atoms with E-state index in [1.54, 1.807) is 0 Å². The van der Waals surface area contributed by atoms with Crippen molar-refractivity contribution in [3.8, 4) is 0 Å². The minimum Gasteiger partial charge on any atom is -0.462 e. The molecule has 6 nitrogen and oxygen atoms in total. The molecule has 0 N–H and O–H groups in total. The molecule has 0 fully saturated rings. The lowest BCUT2D eigenvalue weighted by Crippen LogP contribution is -2.30. The normalized spacial score (nSPS) is 12.9. The van der Waals surface area contributed by atoms with Crippen molar-refractivity contribution in [3.63, 3.8) is 0 Å². The van der Waals surface area contributed by atoms with Crippen molar-refractivity contribution in [3.05, 3.63) is 122 Å². The van der Waals surface area contributed by atoms with Gasteiger partial charge < -0.3 is 14.2 Å². The van der Waals surface area contributed by atoms with E-state index in [1.807, 2.05) is 0 Å². The van der Waals surface area contributed by atoms with Crippen molar-refractivity contribution < 1.29 is 28.6 Å². The number of allylic oxidation sites excluding steroid dienone is 20. The molecule has 6 heteroatoms. The third-order valence-corrected chi connectivity index (χ3v) is 13.4. The van der Waals surface area contributed by atoms with Gasteiger partial charge in [0, 0.05) is 19.3 Å². The highest BCUT2D eigenvalue weighted by atomic mass is 16.6. The number of carbonyl (C=O) groups is 3. The van der Waals surface area contributed by atoms with Gasteiger partial charge in [-0.05, 0) is 128 Å². The van der Waals surface area contributed by atoms with E-state index in [4.69, 9.17) is 14.2 Å². The molecular weight excluding hydrogens is 949 g/mol. The monoisotopic (exact) mass is 1070 g/mol.